The van der Waals surface area contributed by atoms with E-state index in [1.165, 1.54) is 41.4 Å². The van der Waals surface area contributed by atoms with Gasteiger partial charge in [-0.25, -0.2) is 8.42 Å². The van der Waals surface area contributed by atoms with Crippen LogP contribution in [-0.2, 0) is 17.1 Å². The number of hydrogen-bond acceptors (Lipinski definition) is 6. The van der Waals surface area contributed by atoms with Crippen LogP contribution in [-0.4, -0.2) is 31.2 Å². The third kappa shape index (κ3) is 3.69. The molecule has 1 amide bonds. The number of thiophene rings is 1. The predicted molar refractivity (Wildman–Crippen MR) is 116 cm³/mol. The largest absolute Gasteiger partial charge is 0.312 e. The van der Waals surface area contributed by atoms with Crippen molar-refractivity contribution in [3.63, 3.8) is 0 Å². The second-order valence-electron chi connectivity index (χ2n) is 6.84. The summed E-state index contributed by atoms with van der Waals surface area (Å²) in [5.74, 6) is -0.418. The van der Waals surface area contributed by atoms with Crippen molar-refractivity contribution < 1.29 is 13.2 Å². The zero-order chi connectivity index (χ0) is 22.2. The highest BCUT2D eigenvalue weighted by Crippen LogP contribution is 2.33. The quantitative estimate of drug-likeness (QED) is 0.650. The van der Waals surface area contributed by atoms with Gasteiger partial charge in [-0.05, 0) is 38.5 Å². The lowest BCUT2D eigenvalue weighted by Crippen LogP contribution is -2.30. The van der Waals surface area contributed by atoms with Crippen LogP contribution >= 0.6 is 11.3 Å². The molecule has 1 N–H and O–H groups in total. The van der Waals surface area contributed by atoms with E-state index in [0.29, 0.717) is 10.6 Å². The molecule has 2 heterocycles. The molecule has 0 saturated heterocycles. The standard InChI is InChI=1S/C20H21N5O3S2/c1-12-6-8-15(9-7-12)30(27,28)25(5)20-17(11-22-24(20)4)18(26)23-19-16(10-21)13(2)14(3)29-19/h6-9,11H,1-5H3,(H,23,26). The molecule has 0 saturated carbocycles. The lowest BCUT2D eigenvalue weighted by atomic mass is 10.2. The molecule has 0 bridgehead atoms. The van der Waals surface area contributed by atoms with Crippen molar-refractivity contribution in [2.24, 2.45) is 7.05 Å². The summed E-state index contributed by atoms with van der Waals surface area (Å²) in [6.45, 7) is 5.55. The van der Waals surface area contributed by atoms with Gasteiger partial charge in [-0.2, -0.15) is 10.4 Å². The van der Waals surface area contributed by atoms with Crippen molar-refractivity contribution >= 4 is 38.1 Å². The highest BCUT2D eigenvalue weighted by Gasteiger charge is 2.29. The fourth-order valence-electron chi connectivity index (χ4n) is 2.97. The maximum Gasteiger partial charge on any atom is 0.265 e. The average Bonchev–Trinajstić information content (AvgIpc) is 3.20. The van der Waals surface area contributed by atoms with Gasteiger partial charge < -0.3 is 5.32 Å². The Balaban J connectivity index is 1.99. The van der Waals surface area contributed by atoms with Gasteiger partial charge in [0, 0.05) is 19.0 Å². The number of aromatic nitrogens is 2. The van der Waals surface area contributed by atoms with Crippen molar-refractivity contribution in [1.29, 1.82) is 5.26 Å². The molecular weight excluding hydrogens is 422 g/mol. The molecule has 0 unspecified atom stereocenters. The number of nitriles is 1. The number of carbonyl (C=O) groups excluding carboxylic acids is 1. The molecule has 1 aromatic carbocycles. The van der Waals surface area contributed by atoms with Gasteiger partial charge in [0.05, 0.1) is 16.7 Å². The summed E-state index contributed by atoms with van der Waals surface area (Å²) >= 11 is 1.30. The van der Waals surface area contributed by atoms with Crippen LogP contribution in [0.3, 0.4) is 0 Å². The highest BCUT2D eigenvalue weighted by atomic mass is 32.2. The molecule has 156 valence electrons. The second-order valence-corrected chi connectivity index (χ2v) is 10.0. The zero-order valence-electron chi connectivity index (χ0n) is 17.2. The van der Waals surface area contributed by atoms with Crippen LogP contribution in [0.5, 0.6) is 0 Å². The number of amides is 1. The van der Waals surface area contributed by atoms with Gasteiger partial charge >= 0.3 is 0 Å². The number of sulfonamides is 1. The van der Waals surface area contributed by atoms with E-state index in [4.69, 9.17) is 0 Å². The van der Waals surface area contributed by atoms with E-state index in [1.54, 1.807) is 19.2 Å². The molecule has 2 aromatic heterocycles. The Hall–Kier alpha value is -3.16. The van der Waals surface area contributed by atoms with Crippen LogP contribution in [0.2, 0.25) is 0 Å². The Labute approximate surface area is 179 Å². The molecule has 0 spiro atoms. The SMILES string of the molecule is Cc1ccc(S(=O)(=O)N(C)c2c(C(=O)Nc3sc(C)c(C)c3C#N)cnn2C)cc1. The summed E-state index contributed by atoms with van der Waals surface area (Å²) in [5, 5.41) is 16.6. The van der Waals surface area contributed by atoms with Crippen molar-refractivity contribution in [1.82, 2.24) is 9.78 Å². The van der Waals surface area contributed by atoms with Crippen molar-refractivity contribution in [3.05, 3.63) is 57.6 Å². The van der Waals surface area contributed by atoms with Crippen LogP contribution in [0.15, 0.2) is 35.4 Å². The Kier molecular flexibility index (Phi) is 5.70. The maximum atomic E-state index is 13.1. The Morgan fingerprint density at radius 2 is 1.87 bits per heavy atom. The molecule has 0 aliphatic heterocycles. The molecule has 10 heteroatoms. The lowest BCUT2D eigenvalue weighted by Gasteiger charge is -2.21. The van der Waals surface area contributed by atoms with E-state index < -0.39 is 15.9 Å². The Morgan fingerprint density at radius 3 is 2.47 bits per heavy atom. The summed E-state index contributed by atoms with van der Waals surface area (Å²) in [6.07, 6.45) is 1.31. The maximum absolute atomic E-state index is 13.1. The fourth-order valence-corrected chi connectivity index (χ4v) is 5.21. The normalized spacial score (nSPS) is 11.2. The van der Waals surface area contributed by atoms with Gasteiger partial charge in [0.2, 0.25) is 0 Å². The molecule has 0 aliphatic carbocycles. The van der Waals surface area contributed by atoms with Crippen molar-refractivity contribution in [2.75, 3.05) is 16.7 Å². The van der Waals surface area contributed by atoms with Gasteiger partial charge in [0.1, 0.15) is 16.6 Å². The zero-order valence-corrected chi connectivity index (χ0v) is 18.8. The average molecular weight is 444 g/mol. The number of benzene rings is 1. The van der Waals surface area contributed by atoms with Crippen LogP contribution in [0.4, 0.5) is 10.8 Å². The molecular formula is C20H21N5O3S2. The number of nitrogens with one attached hydrogen (secondary N) is 1. The summed E-state index contributed by atoms with van der Waals surface area (Å²) < 4.78 is 28.5. The van der Waals surface area contributed by atoms with Crippen LogP contribution in [0, 0.1) is 32.1 Å². The number of carbonyl (C=O) groups is 1. The molecule has 3 rings (SSSR count). The summed E-state index contributed by atoms with van der Waals surface area (Å²) in [7, 11) is -0.962. The third-order valence-corrected chi connectivity index (χ3v) is 7.74. The van der Waals surface area contributed by atoms with Crippen molar-refractivity contribution in [3.8, 4) is 6.07 Å². The number of aryl methyl sites for hydroxylation is 3. The molecule has 0 atom stereocenters. The first-order valence-corrected chi connectivity index (χ1v) is 11.2. The smallest absolute Gasteiger partial charge is 0.265 e. The lowest BCUT2D eigenvalue weighted by molar-refractivity contribution is 0.102. The second kappa shape index (κ2) is 7.93. The minimum atomic E-state index is -3.90. The van der Waals surface area contributed by atoms with E-state index in [2.05, 4.69) is 16.5 Å². The van der Waals surface area contributed by atoms with Crippen LogP contribution in [0.1, 0.15) is 31.9 Å². The van der Waals surface area contributed by atoms with Gasteiger partial charge in [-0.3, -0.25) is 13.8 Å². The minimum absolute atomic E-state index is 0.0864. The van der Waals surface area contributed by atoms with E-state index in [-0.39, 0.29) is 16.3 Å². The van der Waals surface area contributed by atoms with Crippen LogP contribution < -0.4 is 9.62 Å². The predicted octanol–water partition coefficient (Wildman–Crippen LogP) is 3.36. The number of anilines is 2. The Bertz CT molecular complexity index is 1260. The monoisotopic (exact) mass is 443 g/mol. The summed E-state index contributed by atoms with van der Waals surface area (Å²) in [4.78, 5) is 14.0. The Morgan fingerprint density at radius 1 is 1.23 bits per heavy atom. The molecule has 0 aliphatic rings. The van der Waals surface area contributed by atoms with Gasteiger partial charge in [0.15, 0.2) is 5.82 Å². The number of rotatable bonds is 5. The molecule has 0 fully saturated rings. The minimum Gasteiger partial charge on any atom is -0.312 e. The first kappa shape index (κ1) is 21.5. The number of hydrogen-bond donors (Lipinski definition) is 1. The van der Waals surface area contributed by atoms with Crippen molar-refractivity contribution in [2.45, 2.75) is 25.7 Å². The van der Waals surface area contributed by atoms with Gasteiger partial charge in [-0.15, -0.1) is 11.3 Å². The van der Waals surface area contributed by atoms with E-state index in [1.807, 2.05) is 20.8 Å². The molecule has 3 aromatic rings. The fraction of sp³-hybridized carbons (Fsp3) is 0.250. The number of nitrogens with zero attached hydrogens (tertiary/aromatic N) is 4. The van der Waals surface area contributed by atoms with Gasteiger partial charge in [0.25, 0.3) is 15.9 Å². The summed E-state index contributed by atoms with van der Waals surface area (Å²) in [6, 6.07) is 8.57. The molecule has 8 nitrogen and oxygen atoms in total. The highest BCUT2D eigenvalue weighted by molar-refractivity contribution is 7.92. The molecule has 30 heavy (non-hydrogen) atoms. The van der Waals surface area contributed by atoms with E-state index >= 15 is 0 Å². The topological polar surface area (TPSA) is 108 Å². The van der Waals surface area contributed by atoms with Gasteiger partial charge in [-0.1, -0.05) is 17.7 Å². The molecule has 0 radical (unpaired) electrons. The third-order valence-electron chi connectivity index (χ3n) is 4.85. The van der Waals surface area contributed by atoms with E-state index in [9.17, 15) is 18.5 Å². The first-order valence-electron chi connectivity index (χ1n) is 8.97. The van der Waals surface area contributed by atoms with Crippen LogP contribution in [0.25, 0.3) is 0 Å². The summed E-state index contributed by atoms with van der Waals surface area (Å²) in [5.41, 5.74) is 2.23. The first-order chi connectivity index (χ1) is 14.1. The van der Waals surface area contributed by atoms with E-state index in [0.717, 1.165) is 20.3 Å².